The van der Waals surface area contributed by atoms with Gasteiger partial charge in [-0.3, -0.25) is 0 Å². The van der Waals surface area contributed by atoms with E-state index in [1.165, 1.54) is 0 Å². The van der Waals surface area contributed by atoms with Crippen molar-refractivity contribution in [1.29, 1.82) is 0 Å². The Bertz CT molecular complexity index is 97.8. The predicted molar refractivity (Wildman–Crippen MR) is 43.5 cm³/mol. The summed E-state index contributed by atoms with van der Waals surface area (Å²) < 4.78 is 0. The summed E-state index contributed by atoms with van der Waals surface area (Å²) in [6.45, 7) is 8.62. The fraction of sp³-hybridized carbons (Fsp3) is 0.714. The van der Waals surface area contributed by atoms with Crippen molar-refractivity contribution in [1.82, 2.24) is 0 Å². The van der Waals surface area contributed by atoms with E-state index in [0.717, 1.165) is 0 Å². The zero-order valence-electron chi connectivity index (χ0n) is 5.50. The van der Waals surface area contributed by atoms with Gasteiger partial charge in [-0.25, -0.2) is 0 Å². The Hall–Kier alpha value is -0.223. The molecule has 0 aliphatic carbocycles. The van der Waals surface area contributed by atoms with Gasteiger partial charge in [-0.2, -0.15) is 0 Å². The molecule has 0 atom stereocenters. The lowest BCUT2D eigenvalue weighted by Crippen LogP contribution is -2.15. The topological polar surface area (TPSA) is 0 Å². The highest BCUT2D eigenvalue weighted by Gasteiger charge is 2.05. The van der Waals surface area contributed by atoms with E-state index in [4.69, 9.17) is 0 Å². The average Bonchev–Trinajstić information content (AvgIpc) is 1.30. The lowest BCUT2D eigenvalue weighted by Gasteiger charge is -2.01. The summed E-state index contributed by atoms with van der Waals surface area (Å²) in [6, 6.07) is 0. The van der Waals surface area contributed by atoms with E-state index in [0.29, 0.717) is 0 Å². The molecule has 0 aromatic carbocycles. The van der Waals surface area contributed by atoms with Gasteiger partial charge in [0.05, 0.1) is 0 Å². The lowest BCUT2D eigenvalue weighted by molar-refractivity contribution is 1.80. The van der Waals surface area contributed by atoms with Gasteiger partial charge in [0.1, 0.15) is 8.07 Å². The van der Waals surface area contributed by atoms with E-state index in [2.05, 4.69) is 31.1 Å². The van der Waals surface area contributed by atoms with Crippen molar-refractivity contribution in [3.63, 3.8) is 0 Å². The molecule has 0 nitrogen and oxygen atoms in total. The van der Waals surface area contributed by atoms with Crippen molar-refractivity contribution in [2.75, 3.05) is 0 Å². The highest BCUT2D eigenvalue weighted by molar-refractivity contribution is 6.83. The lowest BCUT2D eigenvalue weighted by atomic mass is 10.8. The molecule has 0 saturated heterocycles. The zero-order chi connectivity index (χ0) is 5.91. The normalized spacial score (nSPS) is 8.50. The third-order valence-corrected chi connectivity index (χ3v) is 1.50. The Morgan fingerprint density at radius 1 is 1.12 bits per heavy atom. The van der Waals surface area contributed by atoms with Crippen molar-refractivity contribution >= 4 is 8.07 Å². The van der Waals surface area contributed by atoms with Crippen molar-refractivity contribution in [3.8, 4) is 11.5 Å². The minimum Gasteiger partial charge on any atom is -0.132 e. The van der Waals surface area contributed by atoms with Crippen LogP contribution >= 0.6 is 0 Å². The maximum absolute atomic E-state index is 3.17. The summed E-state index contributed by atoms with van der Waals surface area (Å²) in [7, 11) is -1.02. The van der Waals surface area contributed by atoms with Gasteiger partial charge >= 0.3 is 0 Å². The molecule has 0 fully saturated rings. The molecule has 0 aliphatic heterocycles. The Morgan fingerprint density at radius 3 is 1.50 bits per heavy atom. The van der Waals surface area contributed by atoms with Gasteiger partial charge in [-0.15, -0.1) is 11.5 Å². The first-order valence-electron chi connectivity index (χ1n) is 2.50. The molecule has 0 radical (unpaired) electrons. The maximum atomic E-state index is 3.17. The molecule has 0 rings (SSSR count). The van der Waals surface area contributed by atoms with E-state index in [9.17, 15) is 0 Å². The molecule has 8 heavy (non-hydrogen) atoms. The first kappa shape index (κ1) is 10.7. The molecule has 0 spiro atoms. The fourth-order valence-corrected chi connectivity index (χ4v) is 1.12. The summed E-state index contributed by atoms with van der Waals surface area (Å²) in [6.07, 6.45) is 0. The van der Waals surface area contributed by atoms with Crippen LogP contribution in [0, 0.1) is 11.5 Å². The maximum Gasteiger partial charge on any atom is 0.129 e. The molecular formula is C7H16Si. The van der Waals surface area contributed by atoms with Crippen LogP contribution in [0.2, 0.25) is 19.6 Å². The van der Waals surface area contributed by atoms with Gasteiger partial charge in [0, 0.05) is 0 Å². The van der Waals surface area contributed by atoms with Crippen LogP contribution in [0.5, 0.6) is 0 Å². The predicted octanol–water partition coefficient (Wildman–Crippen LogP) is 2.52. The van der Waals surface area contributed by atoms with Crippen LogP contribution in [0.1, 0.15) is 14.4 Å². The van der Waals surface area contributed by atoms with Crippen LogP contribution in [0.3, 0.4) is 0 Å². The molecule has 0 aliphatic rings. The number of hydrogen-bond acceptors (Lipinski definition) is 0. The Labute approximate surface area is 54.3 Å². The molecule has 0 N–H and O–H groups in total. The van der Waals surface area contributed by atoms with Crippen LogP contribution in [0.15, 0.2) is 0 Å². The Balaban J connectivity index is 0. The first-order chi connectivity index (χ1) is 3.06. The molecule has 0 unspecified atom stereocenters. The highest BCUT2D eigenvalue weighted by atomic mass is 28.3. The highest BCUT2D eigenvalue weighted by Crippen LogP contribution is 1.95. The number of hydrogen-bond donors (Lipinski definition) is 0. The van der Waals surface area contributed by atoms with Gasteiger partial charge in [0.2, 0.25) is 0 Å². The van der Waals surface area contributed by atoms with Gasteiger partial charge in [-0.1, -0.05) is 27.1 Å². The minimum absolute atomic E-state index is 0. The molecule has 0 aromatic rings. The third-order valence-electron chi connectivity index (χ3n) is 0.500. The van der Waals surface area contributed by atoms with Crippen molar-refractivity contribution < 1.29 is 0 Å². The van der Waals surface area contributed by atoms with Crippen LogP contribution < -0.4 is 0 Å². The SMILES string of the molecule is C.CC#C[Si](C)(C)C. The molecule has 0 heterocycles. The molecular weight excluding hydrogens is 112 g/mol. The quantitative estimate of drug-likeness (QED) is 0.347. The largest absolute Gasteiger partial charge is 0.132 e. The van der Waals surface area contributed by atoms with E-state index in [-0.39, 0.29) is 7.43 Å². The summed E-state index contributed by atoms with van der Waals surface area (Å²) in [5.41, 5.74) is 3.17. The van der Waals surface area contributed by atoms with Crippen LogP contribution in [-0.4, -0.2) is 8.07 Å². The van der Waals surface area contributed by atoms with Gasteiger partial charge in [0.25, 0.3) is 0 Å². The number of rotatable bonds is 0. The van der Waals surface area contributed by atoms with E-state index in [1.807, 2.05) is 6.92 Å². The second-order valence-corrected chi connectivity index (χ2v) is 7.38. The molecule has 1 heteroatoms. The van der Waals surface area contributed by atoms with E-state index >= 15 is 0 Å². The third kappa shape index (κ3) is 9.24. The fourth-order valence-electron chi connectivity index (χ4n) is 0.375. The zero-order valence-corrected chi connectivity index (χ0v) is 6.50. The van der Waals surface area contributed by atoms with Gasteiger partial charge in [0.15, 0.2) is 0 Å². The van der Waals surface area contributed by atoms with Gasteiger partial charge < -0.3 is 0 Å². The van der Waals surface area contributed by atoms with Crippen LogP contribution in [-0.2, 0) is 0 Å². The Morgan fingerprint density at radius 2 is 1.50 bits per heavy atom. The van der Waals surface area contributed by atoms with Crippen molar-refractivity contribution in [3.05, 3.63) is 0 Å². The molecule has 0 bridgehead atoms. The molecule has 0 saturated carbocycles. The first-order valence-corrected chi connectivity index (χ1v) is 6.00. The summed E-state index contributed by atoms with van der Waals surface area (Å²) in [4.78, 5) is 0. The van der Waals surface area contributed by atoms with Gasteiger partial charge in [-0.05, 0) is 6.92 Å². The van der Waals surface area contributed by atoms with Crippen molar-refractivity contribution in [2.24, 2.45) is 0 Å². The summed E-state index contributed by atoms with van der Waals surface area (Å²) in [5.74, 6) is 2.92. The monoisotopic (exact) mass is 128 g/mol. The minimum atomic E-state index is -1.02. The average molecular weight is 128 g/mol. The van der Waals surface area contributed by atoms with Crippen molar-refractivity contribution in [2.45, 2.75) is 34.0 Å². The summed E-state index contributed by atoms with van der Waals surface area (Å²) in [5, 5.41) is 0. The van der Waals surface area contributed by atoms with Crippen LogP contribution in [0.4, 0.5) is 0 Å². The molecule has 48 valence electrons. The molecule has 0 amide bonds. The second kappa shape index (κ2) is 3.74. The molecule has 0 aromatic heterocycles. The Kier molecular flexibility index (Phi) is 5.00. The van der Waals surface area contributed by atoms with E-state index < -0.39 is 8.07 Å². The van der Waals surface area contributed by atoms with Crippen LogP contribution in [0.25, 0.3) is 0 Å². The smallest absolute Gasteiger partial charge is 0.129 e. The standard InChI is InChI=1S/C6H12Si.CH4/c1-5-6-7(2,3)4;/h1-4H3;1H4. The summed E-state index contributed by atoms with van der Waals surface area (Å²) >= 11 is 0. The second-order valence-electron chi connectivity index (χ2n) is 2.62. The van der Waals surface area contributed by atoms with E-state index in [1.54, 1.807) is 0 Å².